The molecule has 2 aromatic heterocycles. The summed E-state index contributed by atoms with van der Waals surface area (Å²) in [6, 6.07) is 24.6. The molecule has 0 aliphatic heterocycles. The van der Waals surface area contributed by atoms with Crippen LogP contribution in [0.2, 0.25) is 5.02 Å². The number of rotatable bonds is 9. The number of aromatic nitrogens is 1. The maximum absolute atomic E-state index is 12.6. The number of furan rings is 1. The molecule has 0 unspecified atom stereocenters. The molecule has 1 N–H and O–H groups in total. The Labute approximate surface area is 231 Å². The van der Waals surface area contributed by atoms with Gasteiger partial charge in [0, 0.05) is 38.6 Å². The second-order valence-electron chi connectivity index (χ2n) is 8.98. The Bertz CT molecular complexity index is 1650. The normalized spacial score (nSPS) is 11.3. The van der Waals surface area contributed by atoms with E-state index in [0.717, 1.165) is 45.1 Å². The summed E-state index contributed by atoms with van der Waals surface area (Å²) in [6.07, 6.45) is 1.63. The number of carbonyl (C=O) groups excluding carboxylic acids is 1. The Morgan fingerprint density at radius 2 is 1.77 bits per heavy atom. The quantitative estimate of drug-likeness (QED) is 0.158. The molecule has 198 valence electrons. The zero-order valence-corrected chi connectivity index (χ0v) is 22.7. The van der Waals surface area contributed by atoms with Gasteiger partial charge in [0.1, 0.15) is 23.7 Å². The van der Waals surface area contributed by atoms with Gasteiger partial charge in [-0.2, -0.15) is 5.10 Å². The number of fused-ring (bicyclic) bond motifs is 1. The van der Waals surface area contributed by atoms with Crippen molar-refractivity contribution < 1.29 is 18.7 Å². The molecule has 2 heterocycles. The Hall–Kier alpha value is -4.49. The number of hydrazone groups is 1. The van der Waals surface area contributed by atoms with E-state index in [0.29, 0.717) is 23.8 Å². The van der Waals surface area contributed by atoms with Crippen LogP contribution in [0, 0.1) is 13.8 Å². The van der Waals surface area contributed by atoms with Gasteiger partial charge >= 0.3 is 5.91 Å². The van der Waals surface area contributed by atoms with Crippen LogP contribution in [-0.4, -0.2) is 23.3 Å². The molecular formula is C31H28ClN3O4. The van der Waals surface area contributed by atoms with E-state index < -0.39 is 5.91 Å². The molecule has 7 nitrogen and oxygen atoms in total. The fourth-order valence-electron chi connectivity index (χ4n) is 4.39. The molecule has 5 aromatic rings. The van der Waals surface area contributed by atoms with Crippen molar-refractivity contribution in [2.24, 2.45) is 5.10 Å². The van der Waals surface area contributed by atoms with Crippen molar-refractivity contribution in [3.63, 3.8) is 0 Å². The Morgan fingerprint density at radius 3 is 2.54 bits per heavy atom. The molecular weight excluding hydrogens is 514 g/mol. The molecule has 8 heteroatoms. The summed E-state index contributed by atoms with van der Waals surface area (Å²) >= 11 is 6.22. The van der Waals surface area contributed by atoms with Crippen molar-refractivity contribution >= 4 is 34.7 Å². The molecule has 0 spiro atoms. The van der Waals surface area contributed by atoms with Crippen LogP contribution in [0.25, 0.3) is 16.7 Å². The van der Waals surface area contributed by atoms with Crippen LogP contribution in [0.5, 0.6) is 11.5 Å². The molecule has 3 aromatic carbocycles. The third kappa shape index (κ3) is 5.84. The summed E-state index contributed by atoms with van der Waals surface area (Å²) in [5.74, 6) is 1.23. The van der Waals surface area contributed by atoms with Gasteiger partial charge in [0.05, 0.1) is 12.8 Å². The van der Waals surface area contributed by atoms with Gasteiger partial charge in [0.25, 0.3) is 0 Å². The molecule has 1 amide bonds. The third-order valence-corrected chi connectivity index (χ3v) is 6.68. The predicted octanol–water partition coefficient (Wildman–Crippen LogP) is 7.24. The molecule has 0 radical (unpaired) electrons. The maximum Gasteiger partial charge on any atom is 0.307 e. The lowest BCUT2D eigenvalue weighted by Gasteiger charge is -2.12. The van der Waals surface area contributed by atoms with Gasteiger partial charge in [-0.05, 0) is 81.4 Å². The number of hydrogen-bond acceptors (Lipinski definition) is 5. The largest absolute Gasteiger partial charge is 0.494 e. The number of halogens is 1. The average Bonchev–Trinajstić information content (AvgIpc) is 3.48. The summed E-state index contributed by atoms with van der Waals surface area (Å²) in [6.45, 7) is 6.91. The summed E-state index contributed by atoms with van der Waals surface area (Å²) in [4.78, 5) is 12.6. The van der Waals surface area contributed by atoms with Crippen molar-refractivity contribution in [1.82, 2.24) is 9.99 Å². The van der Waals surface area contributed by atoms with E-state index in [1.165, 1.54) is 0 Å². The molecule has 0 aliphatic rings. The monoisotopic (exact) mass is 541 g/mol. The number of ether oxygens (including phenoxy) is 2. The smallest absolute Gasteiger partial charge is 0.307 e. The van der Waals surface area contributed by atoms with Crippen molar-refractivity contribution in [3.05, 3.63) is 112 Å². The third-order valence-electron chi connectivity index (χ3n) is 6.31. The SMILES string of the molecule is CCOc1ccc2oc(C(=O)N/N=C/c3cc(C)n(-c4ccc(OCc5ccccc5Cl)cc4)c3C)cc2c1. The van der Waals surface area contributed by atoms with Crippen LogP contribution in [0.15, 0.2) is 88.4 Å². The highest BCUT2D eigenvalue weighted by molar-refractivity contribution is 6.31. The highest BCUT2D eigenvalue weighted by atomic mass is 35.5. The Balaban J connectivity index is 1.24. The first-order valence-electron chi connectivity index (χ1n) is 12.6. The van der Waals surface area contributed by atoms with Crippen molar-refractivity contribution in [2.75, 3.05) is 6.61 Å². The number of amides is 1. The van der Waals surface area contributed by atoms with Crippen LogP contribution < -0.4 is 14.9 Å². The lowest BCUT2D eigenvalue weighted by atomic mass is 10.2. The van der Waals surface area contributed by atoms with Gasteiger partial charge in [-0.1, -0.05) is 29.8 Å². The second-order valence-corrected chi connectivity index (χ2v) is 9.39. The van der Waals surface area contributed by atoms with Gasteiger partial charge in [-0.25, -0.2) is 5.43 Å². The highest BCUT2D eigenvalue weighted by Crippen LogP contribution is 2.25. The molecule has 39 heavy (non-hydrogen) atoms. The highest BCUT2D eigenvalue weighted by Gasteiger charge is 2.13. The van der Waals surface area contributed by atoms with Crippen LogP contribution >= 0.6 is 11.6 Å². The van der Waals surface area contributed by atoms with E-state index in [9.17, 15) is 4.79 Å². The van der Waals surface area contributed by atoms with Crippen LogP contribution in [0.3, 0.4) is 0 Å². The number of nitrogens with zero attached hydrogens (tertiary/aromatic N) is 2. The Kier molecular flexibility index (Phi) is 7.70. The van der Waals surface area contributed by atoms with E-state index in [4.69, 9.17) is 25.5 Å². The maximum atomic E-state index is 12.6. The topological polar surface area (TPSA) is 78.0 Å². The summed E-state index contributed by atoms with van der Waals surface area (Å²) in [7, 11) is 0. The van der Waals surface area contributed by atoms with Gasteiger partial charge in [0.15, 0.2) is 5.76 Å². The van der Waals surface area contributed by atoms with Crippen molar-refractivity contribution in [1.29, 1.82) is 0 Å². The van der Waals surface area contributed by atoms with Crippen LogP contribution in [0.4, 0.5) is 0 Å². The molecule has 5 rings (SSSR count). The molecule has 0 atom stereocenters. The van der Waals surface area contributed by atoms with Gasteiger partial charge in [0.2, 0.25) is 0 Å². The fraction of sp³-hybridized carbons (Fsp3) is 0.161. The summed E-state index contributed by atoms with van der Waals surface area (Å²) in [5, 5.41) is 5.64. The first-order chi connectivity index (χ1) is 18.9. The molecule has 0 saturated carbocycles. The molecule has 0 aliphatic carbocycles. The number of hydrogen-bond donors (Lipinski definition) is 1. The number of benzene rings is 3. The van der Waals surface area contributed by atoms with Gasteiger partial charge < -0.3 is 18.5 Å². The fourth-order valence-corrected chi connectivity index (χ4v) is 4.58. The number of nitrogens with one attached hydrogen (secondary N) is 1. The number of carbonyl (C=O) groups is 1. The Morgan fingerprint density at radius 1 is 1.00 bits per heavy atom. The minimum Gasteiger partial charge on any atom is -0.494 e. The minimum atomic E-state index is -0.429. The second kappa shape index (κ2) is 11.5. The van der Waals surface area contributed by atoms with Gasteiger partial charge in [-0.15, -0.1) is 0 Å². The van der Waals surface area contributed by atoms with Gasteiger partial charge in [-0.3, -0.25) is 4.79 Å². The van der Waals surface area contributed by atoms with E-state index in [1.807, 2.05) is 87.5 Å². The number of aryl methyl sites for hydroxylation is 1. The first kappa shape index (κ1) is 26.1. The lowest BCUT2D eigenvalue weighted by Crippen LogP contribution is -2.16. The van der Waals surface area contributed by atoms with E-state index in [-0.39, 0.29) is 5.76 Å². The van der Waals surface area contributed by atoms with E-state index >= 15 is 0 Å². The first-order valence-corrected chi connectivity index (χ1v) is 13.0. The molecule has 0 fully saturated rings. The lowest BCUT2D eigenvalue weighted by molar-refractivity contribution is 0.0929. The zero-order valence-electron chi connectivity index (χ0n) is 21.9. The predicted molar refractivity (Wildman–Crippen MR) is 153 cm³/mol. The van der Waals surface area contributed by atoms with E-state index in [1.54, 1.807) is 18.3 Å². The summed E-state index contributed by atoms with van der Waals surface area (Å²) in [5.41, 5.74) is 8.00. The molecule has 0 saturated heterocycles. The summed E-state index contributed by atoms with van der Waals surface area (Å²) < 4.78 is 19.2. The van der Waals surface area contributed by atoms with Crippen LogP contribution in [0.1, 0.15) is 40.0 Å². The van der Waals surface area contributed by atoms with E-state index in [2.05, 4.69) is 15.1 Å². The van der Waals surface area contributed by atoms with Crippen molar-refractivity contribution in [2.45, 2.75) is 27.4 Å². The zero-order chi connectivity index (χ0) is 27.4. The van der Waals surface area contributed by atoms with Crippen LogP contribution in [-0.2, 0) is 6.61 Å². The average molecular weight is 542 g/mol. The minimum absolute atomic E-state index is 0.179. The van der Waals surface area contributed by atoms with Crippen molar-refractivity contribution in [3.8, 4) is 17.2 Å². The standard InChI is InChI=1S/C31H28ClN3O4/c1-4-37-27-13-14-29-23(16-27)17-30(39-29)31(36)34-33-18-24-15-20(2)35(21(24)3)25-9-11-26(12-10-25)38-19-22-7-5-6-8-28(22)32/h5-18H,4,19H2,1-3H3,(H,34,36)/b33-18+. The molecule has 0 bridgehead atoms.